The second kappa shape index (κ2) is 16.3. The van der Waals surface area contributed by atoms with Crippen molar-refractivity contribution >= 4 is 52.0 Å². The van der Waals surface area contributed by atoms with Gasteiger partial charge in [-0.15, -0.1) is 0 Å². The zero-order valence-electron chi connectivity index (χ0n) is 33.8. The summed E-state index contributed by atoms with van der Waals surface area (Å²) in [4.78, 5) is 58.8. The van der Waals surface area contributed by atoms with Crippen molar-refractivity contribution in [3.8, 4) is 0 Å². The van der Waals surface area contributed by atoms with E-state index in [4.69, 9.17) is 37.4 Å². The second-order valence-corrected chi connectivity index (χ2v) is 18.6. The zero-order chi connectivity index (χ0) is 41.9. The van der Waals surface area contributed by atoms with E-state index in [1.165, 1.54) is 0 Å². The van der Waals surface area contributed by atoms with Gasteiger partial charge >= 0.3 is 11.9 Å². The van der Waals surface area contributed by atoms with Crippen LogP contribution in [0.25, 0.3) is 0 Å². The van der Waals surface area contributed by atoms with E-state index in [9.17, 15) is 29.7 Å². The lowest BCUT2D eigenvalue weighted by Gasteiger charge is -2.55. The Morgan fingerprint density at radius 2 is 1.86 bits per heavy atom. The van der Waals surface area contributed by atoms with Crippen LogP contribution in [0.5, 0.6) is 0 Å². The monoisotopic (exact) mass is 842 g/mol. The Kier molecular flexibility index (Phi) is 12.0. The molecule has 0 radical (unpaired) electrons. The van der Waals surface area contributed by atoms with Gasteiger partial charge in [-0.1, -0.05) is 80.8 Å². The lowest BCUT2D eigenvalue weighted by atomic mass is 9.50. The molecule has 1 saturated carbocycles. The summed E-state index contributed by atoms with van der Waals surface area (Å²) in [6.45, 7) is 9.47. The molecule has 14 heteroatoms. The fourth-order valence-electron chi connectivity index (χ4n) is 11.4. The van der Waals surface area contributed by atoms with Crippen LogP contribution in [0.15, 0.2) is 63.0 Å². The topological polar surface area (TPSA) is 181 Å². The number of esters is 1. The molecule has 4 N–H and O–H groups in total. The van der Waals surface area contributed by atoms with E-state index in [0.717, 1.165) is 19.3 Å². The maximum absolute atomic E-state index is 15.1. The number of aliphatic hydroxyl groups is 2. The van der Waals surface area contributed by atoms with Crippen molar-refractivity contribution < 1.29 is 48.7 Å². The Balaban J connectivity index is 1.21. The summed E-state index contributed by atoms with van der Waals surface area (Å²) in [5, 5.41) is 37.5. The molecule has 12 nitrogen and oxygen atoms in total. The number of carboxylic acid groups (broad SMARTS) is 1. The largest absolute Gasteiger partial charge is 0.511 e. The maximum Gasteiger partial charge on any atom is 0.346 e. The molecule has 1 spiro atoms. The van der Waals surface area contributed by atoms with E-state index in [1.807, 2.05) is 26.0 Å². The van der Waals surface area contributed by atoms with Gasteiger partial charge in [-0.3, -0.25) is 9.59 Å². The molecule has 3 aliphatic heterocycles. The predicted octanol–water partition coefficient (Wildman–Crippen LogP) is 7.34. The summed E-state index contributed by atoms with van der Waals surface area (Å²) < 4.78 is 19.3. The van der Waals surface area contributed by atoms with Crippen LogP contribution in [0.4, 0.5) is 0 Å². The molecule has 7 rings (SSSR count). The minimum absolute atomic E-state index is 0.00410. The molecule has 2 bridgehead atoms. The molecule has 3 fully saturated rings. The van der Waals surface area contributed by atoms with Gasteiger partial charge in [0.15, 0.2) is 11.9 Å². The number of aliphatic carboxylic acids is 1. The van der Waals surface area contributed by atoms with Crippen LogP contribution < -0.4 is 5.32 Å². The molecular formula is C44H56Cl2N2O10. The molecule has 0 aromatic heterocycles. The average molecular weight is 844 g/mol. The summed E-state index contributed by atoms with van der Waals surface area (Å²) in [6, 6.07) is -0.759. The quantitative estimate of drug-likeness (QED) is 0.115. The van der Waals surface area contributed by atoms with Crippen LogP contribution >= 0.6 is 23.2 Å². The zero-order valence-corrected chi connectivity index (χ0v) is 35.4. The molecule has 0 unspecified atom stereocenters. The summed E-state index contributed by atoms with van der Waals surface area (Å²) in [5.41, 5.74) is -4.10. The first-order valence-electron chi connectivity index (χ1n) is 21.0. The van der Waals surface area contributed by atoms with Gasteiger partial charge in [0, 0.05) is 36.2 Å². The molecular weight excluding hydrogens is 787 g/mol. The molecule has 2 saturated heterocycles. The number of carboxylic acids is 1. The number of allylic oxidation sites excluding steroid dienone is 4. The average Bonchev–Trinajstić information content (AvgIpc) is 3.65. The normalized spacial score (nSPS) is 42.1. The minimum atomic E-state index is -1.72. The highest BCUT2D eigenvalue weighted by Gasteiger charge is 2.67. The minimum Gasteiger partial charge on any atom is -0.511 e. The number of rotatable bonds is 7. The lowest BCUT2D eigenvalue weighted by Crippen LogP contribution is -2.58. The van der Waals surface area contributed by atoms with Gasteiger partial charge in [-0.2, -0.15) is 0 Å². The summed E-state index contributed by atoms with van der Waals surface area (Å²) >= 11 is 12.2. The highest BCUT2D eigenvalue weighted by molar-refractivity contribution is 6.67. The van der Waals surface area contributed by atoms with Crippen LogP contribution in [0.1, 0.15) is 105 Å². The fourth-order valence-corrected chi connectivity index (χ4v) is 11.9. The molecule has 1 amide bonds. The van der Waals surface area contributed by atoms with Crippen molar-refractivity contribution in [3.05, 3.63) is 58.0 Å². The van der Waals surface area contributed by atoms with Crippen LogP contribution in [0.3, 0.4) is 0 Å². The number of halogens is 2. The molecule has 316 valence electrons. The van der Waals surface area contributed by atoms with Crippen molar-refractivity contribution in [2.75, 3.05) is 0 Å². The van der Waals surface area contributed by atoms with Gasteiger partial charge < -0.3 is 34.8 Å². The number of nitrogens with one attached hydrogen (secondary N) is 1. The Morgan fingerprint density at radius 3 is 2.52 bits per heavy atom. The fraction of sp³-hybridized carbons (Fsp3) is 0.659. The summed E-state index contributed by atoms with van der Waals surface area (Å²) in [7, 11) is 0. The van der Waals surface area contributed by atoms with Crippen molar-refractivity contribution in [3.63, 3.8) is 0 Å². The third kappa shape index (κ3) is 7.02. The van der Waals surface area contributed by atoms with Crippen molar-refractivity contribution in [1.29, 1.82) is 0 Å². The number of nitrogens with zero attached hydrogens (tertiary/aromatic N) is 1. The van der Waals surface area contributed by atoms with Gasteiger partial charge in [-0.05, 0) is 82.5 Å². The first-order chi connectivity index (χ1) is 27.5. The van der Waals surface area contributed by atoms with E-state index in [-0.39, 0.29) is 75.7 Å². The molecule has 58 heavy (non-hydrogen) atoms. The van der Waals surface area contributed by atoms with Crippen LogP contribution in [0.2, 0.25) is 0 Å². The molecule has 3 heterocycles. The Bertz CT molecular complexity index is 1910. The summed E-state index contributed by atoms with van der Waals surface area (Å²) in [6.07, 6.45) is 12.5. The molecule has 0 aromatic carbocycles. The third-order valence-corrected chi connectivity index (χ3v) is 15.1. The highest BCUT2D eigenvalue weighted by Crippen LogP contribution is 2.61. The molecule has 13 atom stereocenters. The van der Waals surface area contributed by atoms with Crippen LogP contribution in [-0.4, -0.2) is 80.4 Å². The first kappa shape index (κ1) is 42.8. The van der Waals surface area contributed by atoms with Crippen molar-refractivity contribution in [1.82, 2.24) is 5.32 Å². The third-order valence-electron chi connectivity index (χ3n) is 14.5. The molecule has 4 aliphatic carbocycles. The number of amides is 1. The summed E-state index contributed by atoms with van der Waals surface area (Å²) in [5.74, 6) is -4.47. The van der Waals surface area contributed by atoms with Gasteiger partial charge in [0.05, 0.1) is 34.8 Å². The van der Waals surface area contributed by atoms with Crippen LogP contribution in [-0.2, 0) is 33.4 Å². The number of ketones is 1. The number of ether oxygens (including phenoxy) is 3. The smallest absolute Gasteiger partial charge is 0.346 e. The van der Waals surface area contributed by atoms with Gasteiger partial charge in [0.2, 0.25) is 5.78 Å². The van der Waals surface area contributed by atoms with Crippen LogP contribution in [0, 0.1) is 40.4 Å². The SMILES string of the molecule is CC[C@H]1C[C@]23OC(=O)C(=C(O)[C@]4(CC)[C@@H](C=C[C@@H]5[C@@H](O[C@H]6C[C@@H](O)[C@H](NC(=O)C7=C(Cl)CC(Cl)=N7)[C@@H](C)O6)[C@@H](C)CC[C@@H]54)CCCC/C=C\[C@@]2(C)C=C1C(=O)O)C3=O. The first-order valence-corrected chi connectivity index (χ1v) is 21.7. The lowest BCUT2D eigenvalue weighted by molar-refractivity contribution is -0.258. The van der Waals surface area contributed by atoms with Gasteiger partial charge in [0.25, 0.3) is 5.91 Å². The number of aliphatic hydroxyl groups excluding tert-OH is 2. The Morgan fingerprint density at radius 1 is 1.10 bits per heavy atom. The number of aliphatic imine (C=N–C) groups is 1. The number of hydrogen-bond donors (Lipinski definition) is 4. The van der Waals surface area contributed by atoms with E-state index in [1.54, 1.807) is 19.9 Å². The number of carbonyl (C=O) groups is 4. The predicted molar refractivity (Wildman–Crippen MR) is 217 cm³/mol. The van der Waals surface area contributed by atoms with E-state index in [2.05, 4.69) is 29.4 Å². The highest BCUT2D eigenvalue weighted by atomic mass is 35.5. The number of hydrogen-bond acceptors (Lipinski definition) is 10. The van der Waals surface area contributed by atoms with Gasteiger partial charge in [-0.25, -0.2) is 14.6 Å². The maximum atomic E-state index is 15.1. The van der Waals surface area contributed by atoms with E-state index >= 15 is 4.79 Å². The standard InChI is InChI=1S/C44H56Cl2N2O10/c1-6-24-20-44-38(51)33(41(55)58-44)37(50)43(7-2)25(12-10-8-9-11-17-42(44,5)21-27(24)40(53)54)14-15-26-28(43)16-13-22(3)36(26)57-32-19-30(49)34(23(4)56-32)48-39(52)35-29(45)18-31(46)47-35/h11,14-15,17,21-26,28,30,32,34,36,49-50H,6-10,12-13,16,18-20H2,1-5H3,(H,48,52)(H,53,54)/b17-11-,37-33?/t22-,23+,24-,25+,26-,28-,30+,32-,34+,36-,42-,43+,44+/m0/s1. The molecule has 7 aliphatic rings. The van der Waals surface area contributed by atoms with E-state index < -0.39 is 76.6 Å². The Hall–Kier alpha value is -3.29. The number of carbonyl (C=O) groups excluding carboxylic acids is 3. The molecule has 0 aromatic rings. The number of Topliss-reactive ketones (excluding diaryl/α,β-unsaturated/α-hetero) is 1. The van der Waals surface area contributed by atoms with Gasteiger partial charge in [0.1, 0.15) is 22.2 Å². The number of fused-ring (bicyclic) bond motifs is 4. The second-order valence-electron chi connectivity index (χ2n) is 17.7. The van der Waals surface area contributed by atoms with Crippen molar-refractivity contribution in [2.24, 2.45) is 45.4 Å². The van der Waals surface area contributed by atoms with Crippen molar-refractivity contribution in [2.45, 2.75) is 141 Å². The van der Waals surface area contributed by atoms with E-state index in [0.29, 0.717) is 32.1 Å². The Labute approximate surface area is 349 Å².